The molecular weight excluding hydrogens is 130 g/mol. The third-order valence-corrected chi connectivity index (χ3v) is 0.645. The molecule has 56 valence electrons. The van der Waals surface area contributed by atoms with Gasteiger partial charge in [0.2, 0.25) is 0 Å². The van der Waals surface area contributed by atoms with Gasteiger partial charge in [-0.15, -0.1) is 0 Å². The summed E-state index contributed by atoms with van der Waals surface area (Å²) in [6, 6.07) is 0. The van der Waals surface area contributed by atoms with E-state index in [1.807, 2.05) is 0 Å². The molecule has 0 fully saturated rings. The van der Waals surface area contributed by atoms with Crippen molar-refractivity contribution in [2.75, 3.05) is 0 Å². The van der Waals surface area contributed by atoms with Gasteiger partial charge >= 0.3 is 6.11 Å². The van der Waals surface area contributed by atoms with E-state index in [9.17, 15) is 8.78 Å². The zero-order valence-electron chi connectivity index (χ0n) is 5.36. The minimum atomic E-state index is -3.77. The third-order valence-electron chi connectivity index (χ3n) is 0.645. The van der Waals surface area contributed by atoms with Gasteiger partial charge in [0, 0.05) is 0 Å². The van der Waals surface area contributed by atoms with Gasteiger partial charge < -0.3 is 10.2 Å². The minimum absolute atomic E-state index is 0.931. The van der Waals surface area contributed by atoms with Crippen LogP contribution in [0, 0.1) is 0 Å². The smallest absolute Gasteiger partial charge is 0.356 e. The Labute approximate surface area is 52.1 Å². The first-order chi connectivity index (χ1) is 3.71. The van der Waals surface area contributed by atoms with Gasteiger partial charge in [-0.3, -0.25) is 0 Å². The molecule has 0 spiro atoms. The Morgan fingerprint density at radius 1 is 1.22 bits per heavy atom. The van der Waals surface area contributed by atoms with E-state index >= 15 is 0 Å². The fourth-order valence-corrected chi connectivity index (χ4v) is 0.520. The fraction of sp³-hybridized carbons (Fsp3) is 1.00. The van der Waals surface area contributed by atoms with Crippen molar-refractivity contribution in [3.8, 4) is 0 Å². The summed E-state index contributed by atoms with van der Waals surface area (Å²) in [4.78, 5) is 0. The maximum atomic E-state index is 11.6. The Kier molecular flexibility index (Phi) is 2.14. The number of halogens is 2. The lowest BCUT2D eigenvalue weighted by Gasteiger charge is -2.19. The van der Waals surface area contributed by atoms with Crippen LogP contribution in [0.3, 0.4) is 0 Å². The summed E-state index contributed by atoms with van der Waals surface area (Å²) in [5, 5.41) is 16.6. The molecule has 0 amide bonds. The molecule has 0 aromatic rings. The molecule has 0 aliphatic heterocycles. The Hall–Kier alpha value is -0.220. The van der Waals surface area contributed by atoms with Crippen LogP contribution in [0.2, 0.25) is 0 Å². The summed E-state index contributed by atoms with van der Waals surface area (Å²) in [7, 11) is 0. The molecule has 0 atom stereocenters. The van der Waals surface area contributed by atoms with Crippen LogP contribution in [0.15, 0.2) is 0 Å². The fourth-order valence-electron chi connectivity index (χ4n) is 0.520. The molecule has 9 heavy (non-hydrogen) atoms. The number of aliphatic hydroxyl groups is 2. The molecule has 0 aliphatic carbocycles. The standard InChI is InChI=1S/C5H10F2O2/c1-4(2,8)3-5(6,7)9/h8-9H,3H2,1-2H3. The van der Waals surface area contributed by atoms with E-state index in [-0.39, 0.29) is 0 Å². The second-order valence-corrected chi connectivity index (χ2v) is 2.66. The van der Waals surface area contributed by atoms with Crippen molar-refractivity contribution in [3.05, 3.63) is 0 Å². The molecule has 0 unspecified atom stereocenters. The number of alkyl halides is 2. The van der Waals surface area contributed by atoms with Crippen molar-refractivity contribution in [1.82, 2.24) is 0 Å². The Bertz CT molecular complexity index is 78.1. The highest BCUT2D eigenvalue weighted by molar-refractivity contribution is 4.68. The highest BCUT2D eigenvalue weighted by Gasteiger charge is 2.32. The third kappa shape index (κ3) is 7.78. The second kappa shape index (κ2) is 2.19. The lowest BCUT2D eigenvalue weighted by Crippen LogP contribution is -2.30. The summed E-state index contributed by atoms with van der Waals surface area (Å²) >= 11 is 0. The molecular formula is C5H10F2O2. The van der Waals surface area contributed by atoms with Crippen molar-refractivity contribution in [1.29, 1.82) is 0 Å². The van der Waals surface area contributed by atoms with Gasteiger partial charge in [-0.2, -0.15) is 8.78 Å². The first-order valence-corrected chi connectivity index (χ1v) is 2.53. The van der Waals surface area contributed by atoms with Crippen molar-refractivity contribution >= 4 is 0 Å². The van der Waals surface area contributed by atoms with Crippen LogP contribution >= 0.6 is 0 Å². The summed E-state index contributed by atoms with van der Waals surface area (Å²) in [6.45, 7) is 2.41. The van der Waals surface area contributed by atoms with Gasteiger partial charge in [-0.05, 0) is 13.8 Å². The molecule has 0 bridgehead atoms. The Morgan fingerprint density at radius 3 is 1.56 bits per heavy atom. The monoisotopic (exact) mass is 140 g/mol. The molecule has 0 saturated carbocycles. The second-order valence-electron chi connectivity index (χ2n) is 2.66. The molecule has 0 aromatic carbocycles. The normalized spacial score (nSPS) is 14.0. The first-order valence-electron chi connectivity index (χ1n) is 2.53. The minimum Gasteiger partial charge on any atom is -0.390 e. The Morgan fingerprint density at radius 2 is 1.56 bits per heavy atom. The van der Waals surface area contributed by atoms with Crippen molar-refractivity contribution < 1.29 is 19.0 Å². The van der Waals surface area contributed by atoms with E-state index in [1.54, 1.807) is 0 Å². The van der Waals surface area contributed by atoms with E-state index in [4.69, 9.17) is 10.2 Å². The number of rotatable bonds is 2. The maximum absolute atomic E-state index is 11.6. The predicted molar refractivity (Wildman–Crippen MR) is 28.1 cm³/mol. The van der Waals surface area contributed by atoms with Gasteiger partial charge in [-0.1, -0.05) is 0 Å². The van der Waals surface area contributed by atoms with Crippen molar-refractivity contribution in [2.24, 2.45) is 0 Å². The van der Waals surface area contributed by atoms with Gasteiger partial charge in [0.05, 0.1) is 12.0 Å². The zero-order valence-corrected chi connectivity index (χ0v) is 5.36. The molecule has 0 radical (unpaired) electrons. The van der Waals surface area contributed by atoms with Crippen LogP contribution in [0.1, 0.15) is 20.3 Å². The van der Waals surface area contributed by atoms with Crippen molar-refractivity contribution in [2.45, 2.75) is 32.0 Å². The van der Waals surface area contributed by atoms with Crippen LogP contribution in [0.5, 0.6) is 0 Å². The van der Waals surface area contributed by atoms with E-state index in [1.165, 1.54) is 13.8 Å². The first kappa shape index (κ1) is 8.78. The summed E-state index contributed by atoms with van der Waals surface area (Å²) in [5.74, 6) is 0. The van der Waals surface area contributed by atoms with Gasteiger partial charge in [0.25, 0.3) is 0 Å². The predicted octanol–water partition coefficient (Wildman–Crippen LogP) is 0.732. The molecule has 0 aliphatic rings. The largest absolute Gasteiger partial charge is 0.390 e. The average Bonchev–Trinajstić information content (AvgIpc) is 1.14. The zero-order chi connectivity index (χ0) is 7.71. The van der Waals surface area contributed by atoms with Gasteiger partial charge in [0.1, 0.15) is 0 Å². The molecule has 0 saturated heterocycles. The highest BCUT2D eigenvalue weighted by Crippen LogP contribution is 2.22. The molecule has 0 rings (SSSR count). The van der Waals surface area contributed by atoms with Gasteiger partial charge in [0.15, 0.2) is 0 Å². The maximum Gasteiger partial charge on any atom is 0.356 e. The number of hydrogen-bond donors (Lipinski definition) is 2. The molecule has 0 aromatic heterocycles. The van der Waals surface area contributed by atoms with E-state index in [0.717, 1.165) is 0 Å². The van der Waals surface area contributed by atoms with E-state index < -0.39 is 18.1 Å². The van der Waals surface area contributed by atoms with Crippen LogP contribution in [0.4, 0.5) is 8.78 Å². The molecule has 2 nitrogen and oxygen atoms in total. The molecule has 0 heterocycles. The van der Waals surface area contributed by atoms with Crippen LogP contribution in [-0.2, 0) is 0 Å². The summed E-state index contributed by atoms with van der Waals surface area (Å²) in [6.07, 6.45) is -4.70. The SMILES string of the molecule is CC(C)(O)CC(O)(F)F. The number of hydrogen-bond acceptors (Lipinski definition) is 2. The lowest BCUT2D eigenvalue weighted by molar-refractivity contribution is -0.226. The van der Waals surface area contributed by atoms with Crippen LogP contribution in [-0.4, -0.2) is 21.9 Å². The lowest BCUT2D eigenvalue weighted by atomic mass is 10.1. The Balaban J connectivity index is 3.75. The average molecular weight is 140 g/mol. The quantitative estimate of drug-likeness (QED) is 0.593. The van der Waals surface area contributed by atoms with Gasteiger partial charge in [-0.25, -0.2) is 0 Å². The van der Waals surface area contributed by atoms with Crippen LogP contribution in [0.25, 0.3) is 0 Å². The van der Waals surface area contributed by atoms with E-state index in [2.05, 4.69) is 0 Å². The highest BCUT2D eigenvalue weighted by atomic mass is 19.3. The molecule has 2 N–H and O–H groups in total. The van der Waals surface area contributed by atoms with Crippen LogP contribution < -0.4 is 0 Å². The summed E-state index contributed by atoms with van der Waals surface area (Å²) < 4.78 is 23.2. The summed E-state index contributed by atoms with van der Waals surface area (Å²) in [5.41, 5.74) is -1.52. The molecule has 4 heteroatoms. The van der Waals surface area contributed by atoms with E-state index in [0.29, 0.717) is 0 Å². The van der Waals surface area contributed by atoms with Crippen molar-refractivity contribution in [3.63, 3.8) is 0 Å². The topological polar surface area (TPSA) is 40.5 Å².